The molecule has 0 saturated carbocycles. The lowest BCUT2D eigenvalue weighted by Gasteiger charge is -2.10. The van der Waals surface area contributed by atoms with Crippen LogP contribution < -0.4 is 14.8 Å². The van der Waals surface area contributed by atoms with E-state index in [0.29, 0.717) is 5.75 Å². The summed E-state index contributed by atoms with van der Waals surface area (Å²) in [5, 5.41) is 19.4. The Kier molecular flexibility index (Phi) is 5.17. The van der Waals surface area contributed by atoms with Gasteiger partial charge < -0.3 is 19.9 Å². The number of amides is 1. The van der Waals surface area contributed by atoms with Gasteiger partial charge in [-0.1, -0.05) is 0 Å². The molecule has 0 saturated heterocycles. The number of carbonyl (C=O) groups excluding carboxylic acids is 1. The van der Waals surface area contributed by atoms with Gasteiger partial charge in [0.25, 0.3) is 5.91 Å². The summed E-state index contributed by atoms with van der Waals surface area (Å²) in [6, 6.07) is 5.82. The van der Waals surface area contributed by atoms with Crippen LogP contribution in [0.3, 0.4) is 0 Å². The number of carboxylic acids is 1. The Labute approximate surface area is 109 Å². The summed E-state index contributed by atoms with van der Waals surface area (Å²) in [5.74, 6) is -1.13. The minimum atomic E-state index is -1.11. The Balaban J connectivity index is 2.75. The van der Waals surface area contributed by atoms with Gasteiger partial charge in [0.05, 0.1) is 18.7 Å². The highest BCUT2D eigenvalue weighted by molar-refractivity contribution is 5.88. The van der Waals surface area contributed by atoms with E-state index >= 15 is 0 Å². The van der Waals surface area contributed by atoms with Crippen LogP contribution in [0.4, 0.5) is 0 Å². The number of benzene rings is 1. The highest BCUT2D eigenvalue weighted by atomic mass is 16.5. The summed E-state index contributed by atoms with van der Waals surface area (Å²) in [7, 11) is 1.40. The molecule has 0 heterocycles. The number of nitrogens with one attached hydrogen (secondary N) is 1. The standard InChI is InChI=1S/C12H12N2O5/c1-18-9-3-2-8(12(16)17)6-10(9)19-7-11(15)14-5-4-13/h2-3,6H,5,7H2,1H3,(H,14,15)(H,16,17). The highest BCUT2D eigenvalue weighted by Crippen LogP contribution is 2.27. The van der Waals surface area contributed by atoms with Gasteiger partial charge in [0, 0.05) is 0 Å². The molecule has 0 fully saturated rings. The van der Waals surface area contributed by atoms with Crippen LogP contribution in [0.1, 0.15) is 10.4 Å². The van der Waals surface area contributed by atoms with Crippen molar-refractivity contribution in [1.29, 1.82) is 5.26 Å². The third-order valence-electron chi connectivity index (χ3n) is 2.13. The van der Waals surface area contributed by atoms with E-state index in [1.807, 2.05) is 0 Å². The molecule has 19 heavy (non-hydrogen) atoms. The van der Waals surface area contributed by atoms with Crippen molar-refractivity contribution >= 4 is 11.9 Å². The van der Waals surface area contributed by atoms with Gasteiger partial charge in [0.15, 0.2) is 18.1 Å². The number of hydrogen-bond acceptors (Lipinski definition) is 5. The van der Waals surface area contributed by atoms with Crippen molar-refractivity contribution in [2.45, 2.75) is 0 Å². The number of nitriles is 1. The zero-order valence-electron chi connectivity index (χ0n) is 10.2. The van der Waals surface area contributed by atoms with Crippen LogP contribution in [0.25, 0.3) is 0 Å². The van der Waals surface area contributed by atoms with Gasteiger partial charge >= 0.3 is 5.97 Å². The highest BCUT2D eigenvalue weighted by Gasteiger charge is 2.11. The summed E-state index contributed by atoms with van der Waals surface area (Å²) in [6.07, 6.45) is 0. The van der Waals surface area contributed by atoms with Crippen molar-refractivity contribution in [3.8, 4) is 17.6 Å². The number of carboxylic acid groups (broad SMARTS) is 1. The van der Waals surface area contributed by atoms with Gasteiger partial charge in [-0.15, -0.1) is 0 Å². The molecule has 1 aromatic carbocycles. The minimum absolute atomic E-state index is 0.0215. The lowest BCUT2D eigenvalue weighted by atomic mass is 10.2. The minimum Gasteiger partial charge on any atom is -0.493 e. The summed E-state index contributed by atoms with van der Waals surface area (Å²) in [6.45, 7) is -0.449. The third kappa shape index (κ3) is 4.20. The summed E-state index contributed by atoms with van der Waals surface area (Å²) in [5.41, 5.74) is 0.0215. The van der Waals surface area contributed by atoms with Crippen LogP contribution >= 0.6 is 0 Å². The van der Waals surface area contributed by atoms with Crippen molar-refractivity contribution in [2.24, 2.45) is 0 Å². The Hall–Kier alpha value is -2.75. The van der Waals surface area contributed by atoms with Crippen LogP contribution in [0.2, 0.25) is 0 Å². The van der Waals surface area contributed by atoms with Gasteiger partial charge in [-0.05, 0) is 18.2 Å². The first kappa shape index (κ1) is 14.3. The van der Waals surface area contributed by atoms with Crippen LogP contribution in [-0.4, -0.2) is 37.2 Å². The molecule has 1 rings (SSSR count). The number of hydrogen-bond donors (Lipinski definition) is 2. The first-order chi connectivity index (χ1) is 9.08. The summed E-state index contributed by atoms with van der Waals surface area (Å²) >= 11 is 0. The molecule has 2 N–H and O–H groups in total. The fourth-order valence-electron chi connectivity index (χ4n) is 1.25. The number of aromatic carboxylic acids is 1. The van der Waals surface area contributed by atoms with Crippen LogP contribution in [0, 0.1) is 11.3 Å². The number of carbonyl (C=O) groups is 2. The van der Waals surface area contributed by atoms with Crippen molar-refractivity contribution in [2.75, 3.05) is 20.3 Å². The quantitative estimate of drug-likeness (QED) is 0.720. The first-order valence-electron chi connectivity index (χ1n) is 5.26. The van der Waals surface area contributed by atoms with E-state index in [2.05, 4.69) is 5.32 Å². The van der Waals surface area contributed by atoms with Crippen LogP contribution in [0.5, 0.6) is 11.5 Å². The molecule has 0 atom stereocenters. The molecule has 1 aromatic rings. The van der Waals surface area contributed by atoms with E-state index in [0.717, 1.165) is 0 Å². The molecule has 100 valence electrons. The normalized spacial score (nSPS) is 9.26. The molecule has 0 aliphatic heterocycles. The third-order valence-corrected chi connectivity index (χ3v) is 2.13. The maximum atomic E-state index is 11.2. The molecule has 0 spiro atoms. The molecule has 0 aliphatic carbocycles. The van der Waals surface area contributed by atoms with E-state index < -0.39 is 11.9 Å². The van der Waals surface area contributed by atoms with E-state index in [1.54, 1.807) is 6.07 Å². The van der Waals surface area contributed by atoms with Gasteiger partial charge in [0.2, 0.25) is 0 Å². The second kappa shape index (κ2) is 6.86. The molecular formula is C12H12N2O5. The Bertz CT molecular complexity index is 521. The molecule has 0 bridgehead atoms. The zero-order valence-corrected chi connectivity index (χ0v) is 10.2. The molecule has 0 radical (unpaired) electrons. The fraction of sp³-hybridized carbons (Fsp3) is 0.250. The topological polar surface area (TPSA) is 109 Å². The lowest BCUT2D eigenvalue weighted by Crippen LogP contribution is -2.29. The molecule has 0 aromatic heterocycles. The van der Waals surface area contributed by atoms with E-state index in [-0.39, 0.29) is 24.5 Å². The van der Waals surface area contributed by atoms with Crippen molar-refractivity contribution in [3.63, 3.8) is 0 Å². The maximum absolute atomic E-state index is 11.2. The van der Waals surface area contributed by atoms with E-state index in [1.165, 1.54) is 25.3 Å². The number of methoxy groups -OCH3 is 1. The molecule has 0 aliphatic rings. The smallest absolute Gasteiger partial charge is 0.335 e. The van der Waals surface area contributed by atoms with E-state index in [9.17, 15) is 9.59 Å². The number of rotatable bonds is 6. The van der Waals surface area contributed by atoms with Gasteiger partial charge in [-0.25, -0.2) is 4.79 Å². The maximum Gasteiger partial charge on any atom is 0.335 e. The summed E-state index contributed by atoms with van der Waals surface area (Å²) < 4.78 is 10.2. The van der Waals surface area contributed by atoms with Crippen molar-refractivity contribution < 1.29 is 24.2 Å². The second-order valence-corrected chi connectivity index (χ2v) is 3.39. The number of ether oxygens (including phenoxy) is 2. The van der Waals surface area contributed by atoms with Crippen molar-refractivity contribution in [3.05, 3.63) is 23.8 Å². The SMILES string of the molecule is COc1ccc(C(=O)O)cc1OCC(=O)NCC#N. The molecule has 1 amide bonds. The number of nitrogens with zero attached hydrogens (tertiary/aromatic N) is 1. The average molecular weight is 264 g/mol. The molecule has 7 heteroatoms. The first-order valence-corrected chi connectivity index (χ1v) is 5.26. The second-order valence-electron chi connectivity index (χ2n) is 3.39. The van der Waals surface area contributed by atoms with Crippen LogP contribution in [0.15, 0.2) is 18.2 Å². The zero-order chi connectivity index (χ0) is 14.3. The fourth-order valence-corrected chi connectivity index (χ4v) is 1.25. The van der Waals surface area contributed by atoms with E-state index in [4.69, 9.17) is 19.8 Å². The largest absolute Gasteiger partial charge is 0.493 e. The Morgan fingerprint density at radius 2 is 2.16 bits per heavy atom. The predicted molar refractivity (Wildman–Crippen MR) is 64.1 cm³/mol. The Morgan fingerprint density at radius 1 is 1.42 bits per heavy atom. The predicted octanol–water partition coefficient (Wildman–Crippen LogP) is 0.412. The molecular weight excluding hydrogens is 252 g/mol. The molecule has 0 unspecified atom stereocenters. The Morgan fingerprint density at radius 3 is 2.74 bits per heavy atom. The van der Waals surface area contributed by atoms with Crippen LogP contribution in [-0.2, 0) is 4.79 Å². The lowest BCUT2D eigenvalue weighted by molar-refractivity contribution is -0.122. The summed E-state index contributed by atoms with van der Waals surface area (Å²) in [4.78, 5) is 22.1. The monoisotopic (exact) mass is 264 g/mol. The molecule has 7 nitrogen and oxygen atoms in total. The van der Waals surface area contributed by atoms with Crippen molar-refractivity contribution in [1.82, 2.24) is 5.32 Å². The van der Waals surface area contributed by atoms with Gasteiger partial charge in [0.1, 0.15) is 6.54 Å². The van der Waals surface area contributed by atoms with Gasteiger partial charge in [-0.2, -0.15) is 5.26 Å². The average Bonchev–Trinajstić information content (AvgIpc) is 2.42. The van der Waals surface area contributed by atoms with Gasteiger partial charge in [-0.3, -0.25) is 4.79 Å².